The molecule has 3 nitrogen and oxygen atoms in total. The minimum atomic E-state index is 0.0769. The number of aryl methyl sites for hydroxylation is 1. The van der Waals surface area contributed by atoms with Gasteiger partial charge in [0, 0.05) is 18.2 Å². The maximum absolute atomic E-state index is 12.2. The van der Waals surface area contributed by atoms with Gasteiger partial charge in [-0.15, -0.1) is 0 Å². The second-order valence-electron chi connectivity index (χ2n) is 4.49. The molecule has 0 spiro atoms. The number of phenols is 1. The van der Waals surface area contributed by atoms with Crippen LogP contribution in [-0.4, -0.2) is 28.5 Å². The Hall–Kier alpha value is -1.51. The molecule has 0 radical (unpaired) electrons. The maximum atomic E-state index is 12.2. The number of likely N-dealkylation sites (tertiary alicyclic amines) is 1. The average Bonchev–Trinajstić information content (AvgIpc) is 2.67. The van der Waals surface area contributed by atoms with Crippen molar-refractivity contribution in [3.8, 4) is 5.75 Å². The van der Waals surface area contributed by atoms with Crippen LogP contribution in [0.2, 0.25) is 0 Å². The standard InChI is InChI=1S/C13H17NO2/c1-9-8-11(5-6-12(9)15)13(16)14-7-3-4-10(14)2/h5-6,8,10,15H,3-4,7H2,1-2H3. The number of hydrogen-bond donors (Lipinski definition) is 1. The van der Waals surface area contributed by atoms with E-state index in [9.17, 15) is 9.90 Å². The van der Waals surface area contributed by atoms with Crippen LogP contribution < -0.4 is 0 Å². The molecule has 0 saturated carbocycles. The number of nitrogens with zero attached hydrogens (tertiary/aromatic N) is 1. The molecule has 0 aliphatic carbocycles. The summed E-state index contributed by atoms with van der Waals surface area (Å²) in [5.74, 6) is 0.319. The van der Waals surface area contributed by atoms with Crippen molar-refractivity contribution in [2.24, 2.45) is 0 Å². The van der Waals surface area contributed by atoms with E-state index >= 15 is 0 Å². The van der Waals surface area contributed by atoms with E-state index in [2.05, 4.69) is 6.92 Å². The molecule has 1 aromatic carbocycles. The zero-order valence-electron chi connectivity index (χ0n) is 9.73. The molecule has 1 fully saturated rings. The number of rotatable bonds is 1. The van der Waals surface area contributed by atoms with Gasteiger partial charge in [0.15, 0.2) is 0 Å². The first-order valence-corrected chi connectivity index (χ1v) is 5.70. The van der Waals surface area contributed by atoms with Crippen molar-refractivity contribution >= 4 is 5.91 Å². The Bertz CT molecular complexity index is 414. The lowest BCUT2D eigenvalue weighted by atomic mass is 10.1. The second-order valence-corrected chi connectivity index (χ2v) is 4.49. The highest BCUT2D eigenvalue weighted by Gasteiger charge is 2.25. The number of phenolic OH excluding ortho intramolecular Hbond substituents is 1. The number of benzene rings is 1. The summed E-state index contributed by atoms with van der Waals surface area (Å²) in [7, 11) is 0. The molecule has 1 unspecified atom stereocenters. The first-order chi connectivity index (χ1) is 7.59. The molecule has 0 bridgehead atoms. The van der Waals surface area contributed by atoms with Gasteiger partial charge < -0.3 is 10.0 Å². The third-order valence-corrected chi connectivity index (χ3v) is 3.26. The van der Waals surface area contributed by atoms with Gasteiger partial charge in [-0.1, -0.05) is 0 Å². The second kappa shape index (κ2) is 4.16. The maximum Gasteiger partial charge on any atom is 0.254 e. The van der Waals surface area contributed by atoms with Gasteiger partial charge in [-0.25, -0.2) is 0 Å². The normalized spacial score (nSPS) is 20.1. The molecule has 1 N–H and O–H groups in total. The highest BCUT2D eigenvalue weighted by Crippen LogP contribution is 2.22. The van der Waals surface area contributed by atoms with E-state index in [4.69, 9.17) is 0 Å². The summed E-state index contributed by atoms with van der Waals surface area (Å²) in [6.45, 7) is 4.73. The van der Waals surface area contributed by atoms with Gasteiger partial charge in [0.05, 0.1) is 0 Å². The molecular weight excluding hydrogens is 202 g/mol. The predicted octanol–water partition coefficient (Wildman–Crippen LogP) is 2.33. The molecule has 1 saturated heterocycles. The monoisotopic (exact) mass is 219 g/mol. The first-order valence-electron chi connectivity index (χ1n) is 5.70. The fourth-order valence-electron chi connectivity index (χ4n) is 2.19. The molecule has 1 heterocycles. The number of aromatic hydroxyl groups is 1. The number of carbonyl (C=O) groups is 1. The summed E-state index contributed by atoms with van der Waals surface area (Å²) >= 11 is 0. The topological polar surface area (TPSA) is 40.5 Å². The van der Waals surface area contributed by atoms with Gasteiger partial charge in [0.25, 0.3) is 5.91 Å². The van der Waals surface area contributed by atoms with Gasteiger partial charge >= 0.3 is 0 Å². The van der Waals surface area contributed by atoms with Crippen molar-refractivity contribution in [3.63, 3.8) is 0 Å². The minimum absolute atomic E-state index is 0.0769. The van der Waals surface area contributed by atoms with E-state index in [0.717, 1.165) is 24.9 Å². The van der Waals surface area contributed by atoms with E-state index in [0.29, 0.717) is 11.6 Å². The van der Waals surface area contributed by atoms with Crippen molar-refractivity contribution in [2.75, 3.05) is 6.54 Å². The molecule has 3 heteroatoms. The summed E-state index contributed by atoms with van der Waals surface area (Å²) in [4.78, 5) is 14.1. The molecule has 2 rings (SSSR count). The van der Waals surface area contributed by atoms with Gasteiger partial charge in [-0.2, -0.15) is 0 Å². The third-order valence-electron chi connectivity index (χ3n) is 3.26. The molecule has 1 aromatic rings. The Morgan fingerprint density at radius 2 is 2.25 bits per heavy atom. The largest absolute Gasteiger partial charge is 0.508 e. The number of amides is 1. The van der Waals surface area contributed by atoms with Gasteiger partial charge in [0.2, 0.25) is 0 Å². The van der Waals surface area contributed by atoms with Crippen LogP contribution in [0.25, 0.3) is 0 Å². The third kappa shape index (κ3) is 1.90. The highest BCUT2D eigenvalue weighted by molar-refractivity contribution is 5.95. The fourth-order valence-corrected chi connectivity index (χ4v) is 2.19. The quantitative estimate of drug-likeness (QED) is 0.787. The van der Waals surface area contributed by atoms with Crippen LogP contribution in [0.4, 0.5) is 0 Å². The lowest BCUT2D eigenvalue weighted by Gasteiger charge is -2.21. The van der Waals surface area contributed by atoms with E-state index in [-0.39, 0.29) is 11.7 Å². The summed E-state index contributed by atoms with van der Waals surface area (Å²) in [6, 6.07) is 5.36. The molecule has 16 heavy (non-hydrogen) atoms. The number of carbonyl (C=O) groups excluding carboxylic acids is 1. The summed E-state index contributed by atoms with van der Waals surface area (Å²) in [5, 5.41) is 9.42. The highest BCUT2D eigenvalue weighted by atomic mass is 16.3. The van der Waals surface area contributed by atoms with Crippen LogP contribution >= 0.6 is 0 Å². The van der Waals surface area contributed by atoms with Crippen LogP contribution in [0.1, 0.15) is 35.7 Å². The van der Waals surface area contributed by atoms with Crippen LogP contribution in [0.15, 0.2) is 18.2 Å². The van der Waals surface area contributed by atoms with Gasteiger partial charge in [-0.3, -0.25) is 4.79 Å². The van der Waals surface area contributed by atoms with Crippen LogP contribution in [0.3, 0.4) is 0 Å². The molecule has 1 atom stereocenters. The van der Waals surface area contributed by atoms with E-state index in [1.807, 2.05) is 4.90 Å². The SMILES string of the molecule is Cc1cc(C(=O)N2CCCC2C)ccc1O. The zero-order valence-corrected chi connectivity index (χ0v) is 9.73. The Kier molecular flexibility index (Phi) is 2.86. The van der Waals surface area contributed by atoms with Crippen LogP contribution in [0.5, 0.6) is 5.75 Å². The molecule has 86 valence electrons. The predicted molar refractivity (Wildman–Crippen MR) is 62.6 cm³/mol. The van der Waals surface area contributed by atoms with E-state index in [1.54, 1.807) is 25.1 Å². The van der Waals surface area contributed by atoms with Crippen molar-refractivity contribution in [1.82, 2.24) is 4.90 Å². The van der Waals surface area contributed by atoms with Crippen molar-refractivity contribution < 1.29 is 9.90 Å². The smallest absolute Gasteiger partial charge is 0.254 e. The summed E-state index contributed by atoms with van der Waals surface area (Å²) < 4.78 is 0. The fraction of sp³-hybridized carbons (Fsp3) is 0.462. The minimum Gasteiger partial charge on any atom is -0.508 e. The van der Waals surface area contributed by atoms with Crippen LogP contribution in [-0.2, 0) is 0 Å². The lowest BCUT2D eigenvalue weighted by Crippen LogP contribution is -2.33. The van der Waals surface area contributed by atoms with Crippen molar-refractivity contribution in [3.05, 3.63) is 29.3 Å². The van der Waals surface area contributed by atoms with Crippen molar-refractivity contribution in [1.29, 1.82) is 0 Å². The Morgan fingerprint density at radius 1 is 1.50 bits per heavy atom. The van der Waals surface area contributed by atoms with Crippen molar-refractivity contribution in [2.45, 2.75) is 32.7 Å². The molecule has 0 aromatic heterocycles. The lowest BCUT2D eigenvalue weighted by molar-refractivity contribution is 0.0747. The zero-order chi connectivity index (χ0) is 11.7. The molecular formula is C13H17NO2. The Labute approximate surface area is 95.7 Å². The molecule has 1 aliphatic heterocycles. The van der Waals surface area contributed by atoms with E-state index < -0.39 is 0 Å². The summed E-state index contributed by atoms with van der Waals surface area (Å²) in [6.07, 6.45) is 2.17. The Balaban J connectivity index is 2.23. The molecule has 1 amide bonds. The van der Waals surface area contributed by atoms with Gasteiger partial charge in [0.1, 0.15) is 5.75 Å². The summed E-state index contributed by atoms with van der Waals surface area (Å²) in [5.41, 5.74) is 1.42. The average molecular weight is 219 g/mol. The molecule has 1 aliphatic rings. The first kappa shape index (κ1) is 11.0. The Morgan fingerprint density at radius 3 is 2.81 bits per heavy atom. The van der Waals surface area contributed by atoms with E-state index in [1.165, 1.54) is 0 Å². The van der Waals surface area contributed by atoms with Gasteiger partial charge in [-0.05, 0) is 50.5 Å². The number of hydrogen-bond acceptors (Lipinski definition) is 2. The van der Waals surface area contributed by atoms with Crippen LogP contribution in [0, 0.1) is 6.92 Å².